The Kier molecular flexibility index (Phi) is 3.92. The second-order valence-electron chi connectivity index (χ2n) is 5.56. The second kappa shape index (κ2) is 6.52. The van der Waals surface area contributed by atoms with Crippen LogP contribution < -0.4 is 5.32 Å². The maximum Gasteiger partial charge on any atom is 0.255 e. The van der Waals surface area contributed by atoms with Gasteiger partial charge in [-0.3, -0.25) is 9.20 Å². The minimum absolute atomic E-state index is 0.108. The lowest BCUT2D eigenvalue weighted by molar-refractivity contribution is 0.0951. The highest BCUT2D eigenvalue weighted by atomic mass is 16.1. The van der Waals surface area contributed by atoms with Gasteiger partial charge in [0.15, 0.2) is 5.82 Å². The summed E-state index contributed by atoms with van der Waals surface area (Å²) in [6, 6.07) is 18.9. The first-order chi connectivity index (χ1) is 12.3. The van der Waals surface area contributed by atoms with Crippen LogP contribution in [0.4, 0.5) is 0 Å². The van der Waals surface area contributed by atoms with Crippen LogP contribution in [0.5, 0.6) is 0 Å². The molecule has 4 rings (SSSR count). The van der Waals surface area contributed by atoms with E-state index in [9.17, 15) is 4.79 Å². The minimum atomic E-state index is -0.108. The Morgan fingerprint density at radius 2 is 1.76 bits per heavy atom. The number of rotatable bonds is 4. The highest BCUT2D eigenvalue weighted by Crippen LogP contribution is 2.18. The Morgan fingerprint density at radius 1 is 0.960 bits per heavy atom. The van der Waals surface area contributed by atoms with Crippen molar-refractivity contribution in [2.24, 2.45) is 0 Å². The van der Waals surface area contributed by atoms with Crippen LogP contribution >= 0.6 is 0 Å². The summed E-state index contributed by atoms with van der Waals surface area (Å²) in [5, 5.41) is 11.1. The first-order valence-electron chi connectivity index (χ1n) is 7.89. The van der Waals surface area contributed by atoms with E-state index in [0.717, 1.165) is 11.1 Å². The lowest BCUT2D eigenvalue weighted by Gasteiger charge is -2.06. The van der Waals surface area contributed by atoms with Crippen LogP contribution in [0.2, 0.25) is 0 Å². The molecule has 4 aromatic rings. The van der Waals surface area contributed by atoms with Crippen molar-refractivity contribution in [3.8, 4) is 11.4 Å². The zero-order valence-corrected chi connectivity index (χ0v) is 13.3. The fourth-order valence-electron chi connectivity index (χ4n) is 2.59. The fraction of sp³-hybridized carbons (Fsp3) is 0.0526. The lowest BCUT2D eigenvalue weighted by atomic mass is 10.1. The van der Waals surface area contributed by atoms with Crippen molar-refractivity contribution in [3.63, 3.8) is 0 Å². The maximum absolute atomic E-state index is 12.3. The maximum atomic E-state index is 12.3. The summed E-state index contributed by atoms with van der Waals surface area (Å²) in [5.74, 6) is 1.13. The summed E-state index contributed by atoms with van der Waals surface area (Å²) >= 11 is 0. The molecular formula is C19H15N5O. The van der Waals surface area contributed by atoms with E-state index in [2.05, 4.69) is 20.5 Å². The quantitative estimate of drug-likeness (QED) is 0.625. The van der Waals surface area contributed by atoms with Crippen molar-refractivity contribution >= 4 is 11.7 Å². The van der Waals surface area contributed by atoms with Gasteiger partial charge in [0.05, 0.1) is 0 Å². The number of hydrogen-bond donors (Lipinski definition) is 1. The third kappa shape index (κ3) is 3.10. The van der Waals surface area contributed by atoms with Gasteiger partial charge in [0.1, 0.15) is 0 Å². The number of benzene rings is 2. The summed E-state index contributed by atoms with van der Waals surface area (Å²) in [5.41, 5.74) is 2.54. The van der Waals surface area contributed by atoms with E-state index < -0.39 is 0 Å². The topological polar surface area (TPSA) is 72.2 Å². The molecule has 2 heterocycles. The van der Waals surface area contributed by atoms with E-state index in [-0.39, 0.29) is 5.91 Å². The molecule has 0 aliphatic rings. The van der Waals surface area contributed by atoms with Crippen molar-refractivity contribution in [1.82, 2.24) is 24.9 Å². The highest BCUT2D eigenvalue weighted by Gasteiger charge is 2.10. The van der Waals surface area contributed by atoms with Crippen molar-refractivity contribution in [1.29, 1.82) is 0 Å². The molecule has 1 amide bonds. The van der Waals surface area contributed by atoms with Gasteiger partial charge in [0.2, 0.25) is 0 Å². The average molecular weight is 329 g/mol. The summed E-state index contributed by atoms with van der Waals surface area (Å²) < 4.78 is 1.81. The molecule has 0 aliphatic carbocycles. The average Bonchev–Trinajstić information content (AvgIpc) is 3.11. The summed E-state index contributed by atoms with van der Waals surface area (Å²) in [4.78, 5) is 16.4. The molecule has 6 heteroatoms. The molecule has 1 N–H and O–H groups in total. The van der Waals surface area contributed by atoms with Crippen molar-refractivity contribution in [3.05, 3.63) is 84.2 Å². The van der Waals surface area contributed by atoms with Gasteiger partial charge in [-0.05, 0) is 23.8 Å². The summed E-state index contributed by atoms with van der Waals surface area (Å²) in [7, 11) is 0. The molecule has 0 spiro atoms. The molecule has 0 fully saturated rings. The number of fused-ring (bicyclic) bond motifs is 1. The molecule has 122 valence electrons. The van der Waals surface area contributed by atoms with Crippen LogP contribution in [0.3, 0.4) is 0 Å². The van der Waals surface area contributed by atoms with E-state index in [4.69, 9.17) is 0 Å². The molecule has 0 saturated carbocycles. The van der Waals surface area contributed by atoms with Crippen LogP contribution in [0, 0.1) is 0 Å². The van der Waals surface area contributed by atoms with Gasteiger partial charge in [-0.1, -0.05) is 42.5 Å². The third-order valence-corrected chi connectivity index (χ3v) is 3.89. The van der Waals surface area contributed by atoms with Crippen LogP contribution in [0.15, 0.2) is 73.1 Å². The Bertz CT molecular complexity index is 1010. The highest BCUT2D eigenvalue weighted by molar-refractivity contribution is 5.94. The zero-order chi connectivity index (χ0) is 17.1. The van der Waals surface area contributed by atoms with Crippen LogP contribution in [-0.4, -0.2) is 25.5 Å². The van der Waals surface area contributed by atoms with Gasteiger partial charge in [-0.15, -0.1) is 10.2 Å². The Balaban J connectivity index is 1.51. The van der Waals surface area contributed by atoms with Gasteiger partial charge >= 0.3 is 0 Å². The zero-order valence-electron chi connectivity index (χ0n) is 13.3. The van der Waals surface area contributed by atoms with Crippen molar-refractivity contribution in [2.45, 2.75) is 6.54 Å². The number of amides is 1. The van der Waals surface area contributed by atoms with E-state index in [0.29, 0.717) is 23.7 Å². The number of carbonyl (C=O) groups is 1. The van der Waals surface area contributed by atoms with Crippen LogP contribution in [-0.2, 0) is 6.54 Å². The monoisotopic (exact) mass is 329 g/mol. The van der Waals surface area contributed by atoms with Gasteiger partial charge in [-0.25, -0.2) is 4.98 Å². The van der Waals surface area contributed by atoms with Crippen LogP contribution in [0.25, 0.3) is 17.2 Å². The van der Waals surface area contributed by atoms with Gasteiger partial charge in [-0.2, -0.15) is 0 Å². The molecule has 0 radical (unpaired) electrons. The first-order valence-corrected chi connectivity index (χ1v) is 7.89. The Labute approximate surface area is 144 Å². The summed E-state index contributed by atoms with van der Waals surface area (Å²) in [6.45, 7) is 0.502. The molecule has 6 nitrogen and oxygen atoms in total. The largest absolute Gasteiger partial charge is 0.348 e. The number of aromatic nitrogens is 4. The van der Waals surface area contributed by atoms with Crippen molar-refractivity contribution in [2.75, 3.05) is 0 Å². The third-order valence-electron chi connectivity index (χ3n) is 3.89. The second-order valence-corrected chi connectivity index (χ2v) is 5.56. The van der Waals surface area contributed by atoms with Gasteiger partial charge in [0.25, 0.3) is 11.7 Å². The number of nitrogens with one attached hydrogen (secondary N) is 1. The molecule has 0 atom stereocenters. The lowest BCUT2D eigenvalue weighted by Crippen LogP contribution is -2.22. The molecule has 0 aliphatic heterocycles. The fourth-order valence-corrected chi connectivity index (χ4v) is 2.59. The molecular weight excluding hydrogens is 314 g/mol. The van der Waals surface area contributed by atoms with E-state index in [1.165, 1.54) is 0 Å². The number of nitrogens with zero attached hydrogens (tertiary/aromatic N) is 4. The number of carbonyl (C=O) groups excluding carboxylic acids is 1. The van der Waals surface area contributed by atoms with Crippen LogP contribution in [0.1, 0.15) is 15.9 Å². The SMILES string of the molecule is O=C(NCc1ccccc1)c1ccc(-c2nnc3ncccn23)cc1. The van der Waals surface area contributed by atoms with Gasteiger partial charge in [0, 0.05) is 30.1 Å². The summed E-state index contributed by atoms with van der Waals surface area (Å²) in [6.07, 6.45) is 3.53. The predicted octanol–water partition coefficient (Wildman–Crippen LogP) is 2.72. The van der Waals surface area contributed by atoms with E-state index in [1.807, 2.05) is 59.1 Å². The Morgan fingerprint density at radius 3 is 2.56 bits per heavy atom. The molecule has 0 bridgehead atoms. The molecule has 25 heavy (non-hydrogen) atoms. The first kappa shape index (κ1) is 15.0. The molecule has 2 aromatic carbocycles. The Hall–Kier alpha value is -3.54. The number of hydrogen-bond acceptors (Lipinski definition) is 4. The van der Waals surface area contributed by atoms with Crippen molar-refractivity contribution < 1.29 is 4.79 Å². The van der Waals surface area contributed by atoms with E-state index in [1.54, 1.807) is 18.3 Å². The van der Waals surface area contributed by atoms with E-state index >= 15 is 0 Å². The normalized spacial score (nSPS) is 10.7. The smallest absolute Gasteiger partial charge is 0.255 e. The standard InChI is InChI=1S/C19H15N5O/c25-18(21-13-14-5-2-1-3-6-14)16-9-7-15(8-10-16)17-22-23-19-20-11-4-12-24(17)19/h1-12H,13H2,(H,21,25). The molecule has 2 aromatic heterocycles. The van der Waals surface area contributed by atoms with Gasteiger partial charge < -0.3 is 5.32 Å². The molecule has 0 unspecified atom stereocenters. The molecule has 0 saturated heterocycles. The predicted molar refractivity (Wildman–Crippen MR) is 93.8 cm³/mol. The minimum Gasteiger partial charge on any atom is -0.348 e.